The topological polar surface area (TPSA) is 54.4 Å². The molecule has 0 spiro atoms. The van der Waals surface area contributed by atoms with Crippen molar-refractivity contribution in [1.29, 1.82) is 0 Å². The SMILES string of the molecule is CC(=O)C1=CC(=O)[C@]2(C)CCC[C@](C)(O)[C@@H]2C1. The van der Waals surface area contributed by atoms with E-state index in [-0.39, 0.29) is 17.5 Å². The van der Waals surface area contributed by atoms with Crippen LogP contribution in [0.2, 0.25) is 0 Å². The van der Waals surface area contributed by atoms with Crippen LogP contribution in [0.3, 0.4) is 0 Å². The van der Waals surface area contributed by atoms with Crippen LogP contribution in [-0.2, 0) is 9.59 Å². The Balaban J connectivity index is 2.44. The summed E-state index contributed by atoms with van der Waals surface area (Å²) < 4.78 is 0. The minimum atomic E-state index is -0.836. The van der Waals surface area contributed by atoms with Crippen molar-refractivity contribution >= 4 is 11.6 Å². The van der Waals surface area contributed by atoms with Gasteiger partial charge in [-0.25, -0.2) is 0 Å². The predicted octanol–water partition coefficient (Wildman–Crippen LogP) is 2.03. The van der Waals surface area contributed by atoms with Gasteiger partial charge in [0.25, 0.3) is 0 Å². The molecule has 0 heterocycles. The van der Waals surface area contributed by atoms with E-state index in [1.165, 1.54) is 13.0 Å². The number of aliphatic hydroxyl groups is 1. The van der Waals surface area contributed by atoms with E-state index in [9.17, 15) is 14.7 Å². The summed E-state index contributed by atoms with van der Waals surface area (Å²) in [5.74, 6) is -0.166. The molecular weight excluding hydrogens is 216 g/mol. The molecule has 0 aromatic rings. The molecule has 0 aromatic heterocycles. The smallest absolute Gasteiger partial charge is 0.162 e. The van der Waals surface area contributed by atoms with Crippen LogP contribution in [0.1, 0.15) is 46.5 Å². The number of rotatable bonds is 1. The summed E-state index contributed by atoms with van der Waals surface area (Å²) in [5.41, 5.74) is -0.752. The maximum absolute atomic E-state index is 12.2. The van der Waals surface area contributed by atoms with Gasteiger partial charge >= 0.3 is 0 Å². The normalized spacial score (nSPS) is 41.8. The highest BCUT2D eigenvalue weighted by Crippen LogP contribution is 2.52. The van der Waals surface area contributed by atoms with Gasteiger partial charge in [0, 0.05) is 11.3 Å². The Kier molecular flexibility index (Phi) is 2.77. The highest BCUT2D eigenvalue weighted by atomic mass is 16.3. The standard InChI is InChI=1S/C14H20O3/c1-9(15)10-7-11-13(2,12(16)8-10)5-4-6-14(11,3)17/h8,11,17H,4-7H2,1-3H3/t11-,13-,14+/m1/s1. The van der Waals surface area contributed by atoms with Crippen LogP contribution >= 0.6 is 0 Å². The van der Waals surface area contributed by atoms with E-state index in [1.54, 1.807) is 6.92 Å². The number of fused-ring (bicyclic) bond motifs is 1. The van der Waals surface area contributed by atoms with Gasteiger partial charge in [0.05, 0.1) is 5.60 Å². The molecule has 3 nitrogen and oxygen atoms in total. The van der Waals surface area contributed by atoms with Gasteiger partial charge in [-0.2, -0.15) is 0 Å². The van der Waals surface area contributed by atoms with Gasteiger partial charge in [-0.1, -0.05) is 6.92 Å². The third-order valence-electron chi connectivity index (χ3n) is 4.64. The van der Waals surface area contributed by atoms with Crippen LogP contribution in [-0.4, -0.2) is 22.3 Å². The molecule has 2 aliphatic rings. The number of Topliss-reactive ketones (excluding diaryl/α,β-unsaturated/α-hetero) is 1. The maximum Gasteiger partial charge on any atom is 0.162 e. The summed E-state index contributed by atoms with van der Waals surface area (Å²) in [6.45, 7) is 5.21. The summed E-state index contributed by atoms with van der Waals surface area (Å²) in [5, 5.41) is 10.5. The largest absolute Gasteiger partial charge is 0.390 e. The zero-order valence-corrected chi connectivity index (χ0v) is 10.7. The number of hydrogen-bond donors (Lipinski definition) is 1. The van der Waals surface area contributed by atoms with Crippen molar-refractivity contribution in [2.24, 2.45) is 11.3 Å². The lowest BCUT2D eigenvalue weighted by Crippen LogP contribution is -2.53. The molecule has 2 rings (SSSR count). The number of carbonyl (C=O) groups is 2. The molecule has 0 unspecified atom stereocenters. The Bertz CT molecular complexity index is 406. The molecule has 1 N–H and O–H groups in total. The third-order valence-corrected chi connectivity index (χ3v) is 4.64. The molecule has 1 saturated carbocycles. The molecule has 0 aliphatic heterocycles. The van der Waals surface area contributed by atoms with Gasteiger partial charge in [0.15, 0.2) is 11.6 Å². The molecular formula is C14H20O3. The molecule has 1 fully saturated rings. The lowest BCUT2D eigenvalue weighted by molar-refractivity contribution is -0.145. The van der Waals surface area contributed by atoms with E-state index in [0.29, 0.717) is 18.4 Å². The Hall–Kier alpha value is -0.960. The fourth-order valence-corrected chi connectivity index (χ4v) is 3.44. The van der Waals surface area contributed by atoms with E-state index in [1.807, 2.05) is 6.92 Å². The zero-order valence-electron chi connectivity index (χ0n) is 10.7. The zero-order chi connectivity index (χ0) is 12.8. The lowest BCUT2D eigenvalue weighted by Gasteiger charge is -2.50. The van der Waals surface area contributed by atoms with E-state index in [0.717, 1.165) is 12.8 Å². The summed E-state index contributed by atoms with van der Waals surface area (Å²) in [7, 11) is 0. The summed E-state index contributed by atoms with van der Waals surface area (Å²) in [6.07, 6.45) is 4.43. The number of ketones is 2. The highest BCUT2D eigenvalue weighted by molar-refractivity contribution is 6.05. The van der Waals surface area contributed by atoms with Crippen LogP contribution in [0.4, 0.5) is 0 Å². The van der Waals surface area contributed by atoms with E-state index in [2.05, 4.69) is 0 Å². The third kappa shape index (κ3) is 1.86. The monoisotopic (exact) mass is 236 g/mol. The van der Waals surface area contributed by atoms with Crippen molar-refractivity contribution in [2.75, 3.05) is 0 Å². The van der Waals surface area contributed by atoms with Gasteiger partial charge < -0.3 is 5.11 Å². The van der Waals surface area contributed by atoms with Crippen LogP contribution in [0, 0.1) is 11.3 Å². The Morgan fingerprint density at radius 1 is 1.41 bits per heavy atom. The Morgan fingerprint density at radius 3 is 2.65 bits per heavy atom. The summed E-state index contributed by atoms with van der Waals surface area (Å²) in [4.78, 5) is 23.6. The lowest BCUT2D eigenvalue weighted by atomic mass is 9.55. The second kappa shape index (κ2) is 3.77. The van der Waals surface area contributed by atoms with Gasteiger partial charge in [-0.15, -0.1) is 0 Å². The first-order chi connectivity index (χ1) is 7.77. The number of carbonyl (C=O) groups excluding carboxylic acids is 2. The number of allylic oxidation sites excluding steroid dienone is 2. The maximum atomic E-state index is 12.2. The molecule has 0 saturated heterocycles. The molecule has 3 atom stereocenters. The van der Waals surface area contributed by atoms with E-state index in [4.69, 9.17) is 0 Å². The predicted molar refractivity (Wildman–Crippen MR) is 64.5 cm³/mol. The fraction of sp³-hybridized carbons (Fsp3) is 0.714. The highest BCUT2D eigenvalue weighted by Gasteiger charge is 2.53. The quantitative estimate of drug-likeness (QED) is 0.758. The molecule has 2 aliphatic carbocycles. The van der Waals surface area contributed by atoms with Crippen LogP contribution in [0.15, 0.2) is 11.6 Å². The van der Waals surface area contributed by atoms with Crippen LogP contribution in [0.25, 0.3) is 0 Å². The van der Waals surface area contributed by atoms with Gasteiger partial charge in [-0.3, -0.25) is 9.59 Å². The number of hydrogen-bond acceptors (Lipinski definition) is 3. The van der Waals surface area contributed by atoms with Gasteiger partial charge in [0.2, 0.25) is 0 Å². The molecule has 3 heteroatoms. The Labute approximate surface area is 102 Å². The van der Waals surface area contributed by atoms with E-state index >= 15 is 0 Å². The molecule has 94 valence electrons. The van der Waals surface area contributed by atoms with Crippen molar-refractivity contribution in [2.45, 2.75) is 52.1 Å². The molecule has 0 bridgehead atoms. The van der Waals surface area contributed by atoms with Gasteiger partial charge in [0.1, 0.15) is 0 Å². The van der Waals surface area contributed by atoms with E-state index < -0.39 is 11.0 Å². The average Bonchev–Trinajstić information content (AvgIpc) is 2.19. The van der Waals surface area contributed by atoms with Crippen LogP contribution in [0.5, 0.6) is 0 Å². The van der Waals surface area contributed by atoms with Crippen molar-refractivity contribution in [3.63, 3.8) is 0 Å². The average molecular weight is 236 g/mol. The van der Waals surface area contributed by atoms with Gasteiger partial charge in [-0.05, 0) is 51.2 Å². The van der Waals surface area contributed by atoms with Crippen molar-refractivity contribution in [1.82, 2.24) is 0 Å². The first-order valence-electron chi connectivity index (χ1n) is 6.26. The first-order valence-corrected chi connectivity index (χ1v) is 6.26. The molecule has 0 radical (unpaired) electrons. The summed E-state index contributed by atoms with van der Waals surface area (Å²) in [6, 6.07) is 0. The van der Waals surface area contributed by atoms with Crippen molar-refractivity contribution < 1.29 is 14.7 Å². The summed E-state index contributed by atoms with van der Waals surface area (Å²) >= 11 is 0. The minimum absolute atomic E-state index is 0.0129. The molecule has 0 amide bonds. The van der Waals surface area contributed by atoms with Crippen molar-refractivity contribution in [3.8, 4) is 0 Å². The second-order valence-electron chi connectivity index (χ2n) is 5.97. The van der Waals surface area contributed by atoms with Crippen LogP contribution < -0.4 is 0 Å². The molecule has 17 heavy (non-hydrogen) atoms. The Morgan fingerprint density at radius 2 is 2.06 bits per heavy atom. The second-order valence-corrected chi connectivity index (χ2v) is 5.97. The fourth-order valence-electron chi connectivity index (χ4n) is 3.44. The first kappa shape index (κ1) is 12.5. The minimum Gasteiger partial charge on any atom is -0.390 e. The molecule has 0 aromatic carbocycles. The van der Waals surface area contributed by atoms with Crippen molar-refractivity contribution in [3.05, 3.63) is 11.6 Å².